The Morgan fingerprint density at radius 3 is 2.60 bits per heavy atom. The fraction of sp³-hybridized carbons (Fsp3) is 0.800. The maximum Gasteiger partial charge on any atom is 0.202 e. The van der Waals surface area contributed by atoms with Gasteiger partial charge in [-0.15, -0.1) is 11.6 Å². The van der Waals surface area contributed by atoms with E-state index in [0.29, 0.717) is 11.9 Å². The molecule has 1 N–H and O–H groups in total. The molecule has 5 heteroatoms. The van der Waals surface area contributed by atoms with E-state index in [9.17, 15) is 0 Å². The van der Waals surface area contributed by atoms with Crippen LogP contribution in [0.1, 0.15) is 39.9 Å². The Bertz CT molecular complexity index is 306. The number of halogens is 1. The summed E-state index contributed by atoms with van der Waals surface area (Å²) in [6, 6.07) is 0.350. The first kappa shape index (κ1) is 12.7. The van der Waals surface area contributed by atoms with Crippen molar-refractivity contribution in [2.75, 3.05) is 11.2 Å². The van der Waals surface area contributed by atoms with E-state index in [-0.39, 0.29) is 5.41 Å². The Balaban J connectivity index is 2.61. The Morgan fingerprint density at radius 2 is 2.13 bits per heavy atom. The standard InChI is InChI=1S/C10H18ClN3S/c1-7(5-6-11)12-9-13-8(14-15-9)10(2,3)4/h7H,5-6H2,1-4H3,(H,12,13,14). The van der Waals surface area contributed by atoms with Gasteiger partial charge in [0.05, 0.1) is 0 Å². The lowest BCUT2D eigenvalue weighted by Crippen LogP contribution is -2.16. The van der Waals surface area contributed by atoms with Gasteiger partial charge in [-0.05, 0) is 13.3 Å². The molecule has 1 aromatic heterocycles. The molecule has 1 rings (SSSR count). The van der Waals surface area contributed by atoms with Crippen molar-refractivity contribution < 1.29 is 0 Å². The van der Waals surface area contributed by atoms with Gasteiger partial charge >= 0.3 is 0 Å². The molecule has 0 aliphatic rings. The van der Waals surface area contributed by atoms with Crippen molar-refractivity contribution in [3.8, 4) is 0 Å². The quantitative estimate of drug-likeness (QED) is 0.830. The van der Waals surface area contributed by atoms with Gasteiger partial charge in [0.15, 0.2) is 0 Å². The summed E-state index contributed by atoms with van der Waals surface area (Å²) < 4.78 is 4.34. The minimum Gasteiger partial charge on any atom is -0.358 e. The van der Waals surface area contributed by atoms with Crippen LogP contribution >= 0.6 is 23.1 Å². The van der Waals surface area contributed by atoms with Gasteiger partial charge in [-0.25, -0.2) is 4.98 Å². The van der Waals surface area contributed by atoms with Gasteiger partial charge < -0.3 is 5.32 Å². The number of nitrogens with zero attached hydrogens (tertiary/aromatic N) is 2. The first-order chi connectivity index (χ1) is 6.93. The molecule has 0 aliphatic carbocycles. The zero-order valence-corrected chi connectivity index (χ0v) is 11.2. The van der Waals surface area contributed by atoms with E-state index in [1.807, 2.05) is 0 Å². The van der Waals surface area contributed by atoms with E-state index in [1.165, 1.54) is 11.5 Å². The largest absolute Gasteiger partial charge is 0.358 e. The van der Waals surface area contributed by atoms with Crippen molar-refractivity contribution in [3.05, 3.63) is 5.82 Å². The number of anilines is 1. The van der Waals surface area contributed by atoms with Crippen molar-refractivity contribution in [1.29, 1.82) is 0 Å². The summed E-state index contributed by atoms with van der Waals surface area (Å²) in [6.07, 6.45) is 0.936. The van der Waals surface area contributed by atoms with E-state index in [0.717, 1.165) is 17.4 Å². The van der Waals surface area contributed by atoms with E-state index in [4.69, 9.17) is 11.6 Å². The number of aromatic nitrogens is 2. The fourth-order valence-corrected chi connectivity index (χ4v) is 2.23. The summed E-state index contributed by atoms with van der Waals surface area (Å²) in [7, 11) is 0. The third-order valence-corrected chi connectivity index (χ3v) is 2.87. The van der Waals surface area contributed by atoms with Gasteiger partial charge in [0.2, 0.25) is 5.13 Å². The average molecular weight is 248 g/mol. The predicted octanol–water partition coefficient (Wildman–Crippen LogP) is 3.26. The SMILES string of the molecule is CC(CCCl)Nc1nc(C(C)(C)C)ns1. The van der Waals surface area contributed by atoms with Crippen molar-refractivity contribution >= 4 is 28.3 Å². The van der Waals surface area contributed by atoms with Crippen LogP contribution in [0.5, 0.6) is 0 Å². The second-order valence-electron chi connectivity index (χ2n) is 4.70. The third-order valence-electron chi connectivity index (χ3n) is 2.01. The van der Waals surface area contributed by atoms with Gasteiger partial charge in [0, 0.05) is 28.9 Å². The summed E-state index contributed by atoms with van der Waals surface area (Å²) in [5.74, 6) is 1.56. The Morgan fingerprint density at radius 1 is 1.47 bits per heavy atom. The minimum atomic E-state index is 0.0200. The zero-order valence-electron chi connectivity index (χ0n) is 9.67. The predicted molar refractivity (Wildman–Crippen MR) is 67.0 cm³/mol. The summed E-state index contributed by atoms with van der Waals surface area (Å²) in [5.41, 5.74) is 0.0200. The molecule has 1 aromatic rings. The molecule has 0 spiro atoms. The lowest BCUT2D eigenvalue weighted by atomic mass is 9.96. The van der Waals surface area contributed by atoms with E-state index >= 15 is 0 Å². The van der Waals surface area contributed by atoms with E-state index < -0.39 is 0 Å². The highest BCUT2D eigenvalue weighted by Gasteiger charge is 2.19. The molecular formula is C10H18ClN3S. The monoisotopic (exact) mass is 247 g/mol. The summed E-state index contributed by atoms with van der Waals surface area (Å²) in [6.45, 7) is 8.43. The van der Waals surface area contributed by atoms with Crippen LogP contribution in [0.25, 0.3) is 0 Å². The van der Waals surface area contributed by atoms with Crippen molar-refractivity contribution in [2.45, 2.75) is 45.6 Å². The minimum absolute atomic E-state index is 0.0200. The molecule has 1 atom stereocenters. The smallest absolute Gasteiger partial charge is 0.202 e. The summed E-state index contributed by atoms with van der Waals surface area (Å²) in [5, 5.41) is 4.18. The molecule has 0 aliphatic heterocycles. The molecule has 3 nitrogen and oxygen atoms in total. The molecule has 0 aromatic carbocycles. The van der Waals surface area contributed by atoms with Gasteiger partial charge in [-0.3, -0.25) is 0 Å². The van der Waals surface area contributed by atoms with Crippen LogP contribution in [0.2, 0.25) is 0 Å². The number of alkyl halides is 1. The second-order valence-corrected chi connectivity index (χ2v) is 5.83. The molecule has 15 heavy (non-hydrogen) atoms. The maximum absolute atomic E-state index is 5.67. The molecule has 1 heterocycles. The lowest BCUT2D eigenvalue weighted by Gasteiger charge is -2.13. The van der Waals surface area contributed by atoms with Crippen LogP contribution in [-0.2, 0) is 5.41 Å². The molecule has 0 bridgehead atoms. The highest BCUT2D eigenvalue weighted by molar-refractivity contribution is 7.09. The van der Waals surface area contributed by atoms with E-state index in [2.05, 4.69) is 42.4 Å². The van der Waals surface area contributed by atoms with Crippen molar-refractivity contribution in [2.24, 2.45) is 0 Å². The van der Waals surface area contributed by atoms with Crippen LogP contribution in [0, 0.1) is 0 Å². The molecule has 0 saturated carbocycles. The summed E-state index contributed by atoms with van der Waals surface area (Å²) in [4.78, 5) is 4.46. The highest BCUT2D eigenvalue weighted by atomic mass is 35.5. The Hall–Kier alpha value is -0.350. The van der Waals surface area contributed by atoms with Crippen LogP contribution in [0.15, 0.2) is 0 Å². The summed E-state index contributed by atoms with van der Waals surface area (Å²) >= 11 is 7.08. The van der Waals surface area contributed by atoms with Crippen molar-refractivity contribution in [1.82, 2.24) is 9.36 Å². The first-order valence-electron chi connectivity index (χ1n) is 5.10. The number of hydrogen-bond donors (Lipinski definition) is 1. The van der Waals surface area contributed by atoms with Gasteiger partial charge in [-0.2, -0.15) is 4.37 Å². The van der Waals surface area contributed by atoms with Crippen LogP contribution in [0.3, 0.4) is 0 Å². The highest BCUT2D eigenvalue weighted by Crippen LogP contribution is 2.23. The Kier molecular flexibility index (Phi) is 4.34. The first-order valence-corrected chi connectivity index (χ1v) is 6.41. The Labute approximate surface area is 100 Å². The average Bonchev–Trinajstić information content (AvgIpc) is 2.52. The molecule has 0 saturated heterocycles. The molecule has 0 fully saturated rings. The normalized spacial score (nSPS) is 13.9. The van der Waals surface area contributed by atoms with E-state index in [1.54, 1.807) is 0 Å². The third kappa shape index (κ3) is 3.95. The molecule has 0 radical (unpaired) electrons. The fourth-order valence-electron chi connectivity index (χ4n) is 1.03. The number of hydrogen-bond acceptors (Lipinski definition) is 4. The molecule has 1 unspecified atom stereocenters. The topological polar surface area (TPSA) is 37.8 Å². The zero-order chi connectivity index (χ0) is 11.5. The number of nitrogens with one attached hydrogen (secondary N) is 1. The molecule has 86 valence electrons. The van der Waals surface area contributed by atoms with Crippen molar-refractivity contribution in [3.63, 3.8) is 0 Å². The van der Waals surface area contributed by atoms with Crippen LogP contribution in [0.4, 0.5) is 5.13 Å². The molecular weight excluding hydrogens is 230 g/mol. The van der Waals surface area contributed by atoms with Crippen LogP contribution in [-0.4, -0.2) is 21.3 Å². The van der Waals surface area contributed by atoms with Gasteiger partial charge in [-0.1, -0.05) is 20.8 Å². The molecule has 0 amide bonds. The lowest BCUT2D eigenvalue weighted by molar-refractivity contribution is 0.555. The van der Waals surface area contributed by atoms with Gasteiger partial charge in [0.25, 0.3) is 0 Å². The van der Waals surface area contributed by atoms with Gasteiger partial charge in [0.1, 0.15) is 5.82 Å². The van der Waals surface area contributed by atoms with Crippen LogP contribution < -0.4 is 5.32 Å². The number of rotatable bonds is 4. The second kappa shape index (κ2) is 5.12. The maximum atomic E-state index is 5.67.